The topological polar surface area (TPSA) is 73.9 Å². The molecule has 0 aliphatic heterocycles. The maximum absolute atomic E-state index is 12.7. The zero-order valence-electron chi connectivity index (χ0n) is 13.4. The second kappa shape index (κ2) is 6.78. The van der Waals surface area contributed by atoms with Crippen LogP contribution in [0, 0.1) is 6.92 Å². The maximum atomic E-state index is 12.7. The molecule has 0 saturated heterocycles. The van der Waals surface area contributed by atoms with Gasteiger partial charge >= 0.3 is 0 Å². The van der Waals surface area contributed by atoms with E-state index in [9.17, 15) is 8.42 Å². The number of rotatable bonds is 6. The SMILES string of the molecule is COc1ccc(OC)c(S(=O)(=O)Nc2cc(C)ccc2OC)c1. The fourth-order valence-electron chi connectivity index (χ4n) is 2.10. The number of anilines is 1. The lowest BCUT2D eigenvalue weighted by Gasteiger charge is -2.15. The van der Waals surface area contributed by atoms with Crippen LogP contribution in [-0.2, 0) is 10.0 Å². The molecule has 0 aromatic heterocycles. The van der Waals surface area contributed by atoms with Gasteiger partial charge < -0.3 is 14.2 Å². The summed E-state index contributed by atoms with van der Waals surface area (Å²) in [4.78, 5) is -0.0112. The Morgan fingerprint density at radius 2 is 1.52 bits per heavy atom. The van der Waals surface area contributed by atoms with E-state index in [2.05, 4.69) is 4.72 Å². The molecule has 0 aliphatic carbocycles. The molecule has 0 radical (unpaired) electrons. The first-order valence-corrected chi connectivity index (χ1v) is 8.29. The molecule has 124 valence electrons. The molecule has 7 heteroatoms. The van der Waals surface area contributed by atoms with Crippen molar-refractivity contribution in [2.24, 2.45) is 0 Å². The molecule has 0 spiro atoms. The second-order valence-electron chi connectivity index (χ2n) is 4.83. The quantitative estimate of drug-likeness (QED) is 0.877. The van der Waals surface area contributed by atoms with E-state index in [1.807, 2.05) is 13.0 Å². The fourth-order valence-corrected chi connectivity index (χ4v) is 3.34. The number of nitrogens with one attached hydrogen (secondary N) is 1. The van der Waals surface area contributed by atoms with Crippen molar-refractivity contribution >= 4 is 15.7 Å². The van der Waals surface area contributed by atoms with Crippen LogP contribution in [0.4, 0.5) is 5.69 Å². The van der Waals surface area contributed by atoms with Crippen molar-refractivity contribution in [1.29, 1.82) is 0 Å². The van der Waals surface area contributed by atoms with E-state index in [1.165, 1.54) is 27.4 Å². The van der Waals surface area contributed by atoms with Gasteiger partial charge in [-0.15, -0.1) is 0 Å². The van der Waals surface area contributed by atoms with Gasteiger partial charge in [0.05, 0.1) is 27.0 Å². The van der Waals surface area contributed by atoms with Crippen LogP contribution < -0.4 is 18.9 Å². The lowest BCUT2D eigenvalue weighted by Crippen LogP contribution is -2.15. The van der Waals surface area contributed by atoms with Gasteiger partial charge in [0, 0.05) is 6.07 Å². The molecule has 0 aliphatic rings. The Balaban J connectivity index is 2.49. The zero-order chi connectivity index (χ0) is 17.0. The van der Waals surface area contributed by atoms with E-state index in [0.717, 1.165) is 5.56 Å². The highest BCUT2D eigenvalue weighted by Gasteiger charge is 2.22. The maximum Gasteiger partial charge on any atom is 0.265 e. The Kier molecular flexibility index (Phi) is 5.00. The monoisotopic (exact) mass is 337 g/mol. The minimum Gasteiger partial charge on any atom is -0.497 e. The van der Waals surface area contributed by atoms with Crippen LogP contribution in [0.25, 0.3) is 0 Å². The standard InChI is InChI=1S/C16H19NO5S/c1-11-5-7-14(21-3)13(9-11)17-23(18,19)16-10-12(20-2)6-8-15(16)22-4/h5-10,17H,1-4H3. The van der Waals surface area contributed by atoms with Crippen LogP contribution >= 0.6 is 0 Å². The summed E-state index contributed by atoms with van der Waals surface area (Å²) in [6.07, 6.45) is 0. The van der Waals surface area contributed by atoms with Crippen LogP contribution in [0.3, 0.4) is 0 Å². The predicted molar refractivity (Wildman–Crippen MR) is 88.1 cm³/mol. The summed E-state index contributed by atoms with van der Waals surface area (Å²) in [5, 5.41) is 0. The number of aryl methyl sites for hydroxylation is 1. The van der Waals surface area contributed by atoms with Crippen molar-refractivity contribution in [3.8, 4) is 17.2 Å². The molecule has 0 bridgehead atoms. The molecule has 0 atom stereocenters. The molecular formula is C16H19NO5S. The first-order chi connectivity index (χ1) is 10.9. The first-order valence-electron chi connectivity index (χ1n) is 6.80. The molecule has 0 amide bonds. The third-order valence-electron chi connectivity index (χ3n) is 3.26. The third kappa shape index (κ3) is 3.68. The van der Waals surface area contributed by atoms with Gasteiger partial charge in [-0.3, -0.25) is 4.72 Å². The van der Waals surface area contributed by atoms with Crippen molar-refractivity contribution in [2.75, 3.05) is 26.1 Å². The Morgan fingerprint density at radius 1 is 0.870 bits per heavy atom. The molecular weight excluding hydrogens is 318 g/mol. The van der Waals surface area contributed by atoms with Gasteiger partial charge in [0.25, 0.3) is 10.0 Å². The Hall–Kier alpha value is -2.41. The van der Waals surface area contributed by atoms with Gasteiger partial charge in [-0.1, -0.05) is 6.07 Å². The van der Waals surface area contributed by atoms with Crippen LogP contribution in [0.15, 0.2) is 41.3 Å². The van der Waals surface area contributed by atoms with Crippen LogP contribution in [-0.4, -0.2) is 29.7 Å². The molecule has 0 fully saturated rings. The van der Waals surface area contributed by atoms with Crippen molar-refractivity contribution in [3.63, 3.8) is 0 Å². The summed E-state index contributed by atoms with van der Waals surface area (Å²) in [5.74, 6) is 1.08. The van der Waals surface area contributed by atoms with Crippen LogP contribution in [0.2, 0.25) is 0 Å². The molecule has 1 N–H and O–H groups in total. The molecule has 0 saturated carbocycles. The smallest absolute Gasteiger partial charge is 0.265 e. The summed E-state index contributed by atoms with van der Waals surface area (Å²) < 4.78 is 43.4. The molecule has 0 unspecified atom stereocenters. The van der Waals surface area contributed by atoms with E-state index in [4.69, 9.17) is 14.2 Å². The van der Waals surface area contributed by atoms with Gasteiger partial charge in [-0.2, -0.15) is 0 Å². The summed E-state index contributed by atoms with van der Waals surface area (Å²) in [7, 11) is 0.486. The van der Waals surface area contributed by atoms with E-state index in [1.54, 1.807) is 24.3 Å². The molecule has 2 rings (SSSR count). The summed E-state index contributed by atoms with van der Waals surface area (Å²) >= 11 is 0. The average Bonchev–Trinajstić information content (AvgIpc) is 2.54. The predicted octanol–water partition coefficient (Wildman–Crippen LogP) is 2.82. The number of benzene rings is 2. The van der Waals surface area contributed by atoms with Gasteiger partial charge in [-0.25, -0.2) is 8.42 Å². The van der Waals surface area contributed by atoms with Crippen molar-refractivity contribution in [1.82, 2.24) is 0 Å². The van der Waals surface area contributed by atoms with Gasteiger partial charge in [0.15, 0.2) is 0 Å². The van der Waals surface area contributed by atoms with Crippen molar-refractivity contribution < 1.29 is 22.6 Å². The van der Waals surface area contributed by atoms with E-state index < -0.39 is 10.0 Å². The number of ether oxygens (including phenoxy) is 3. The fraction of sp³-hybridized carbons (Fsp3) is 0.250. The molecule has 2 aromatic carbocycles. The first kappa shape index (κ1) is 17.0. The Bertz CT molecular complexity index is 802. The van der Waals surface area contributed by atoms with Crippen LogP contribution in [0.5, 0.6) is 17.2 Å². The zero-order valence-corrected chi connectivity index (χ0v) is 14.2. The lowest BCUT2D eigenvalue weighted by atomic mass is 10.2. The summed E-state index contributed by atoms with van der Waals surface area (Å²) in [6, 6.07) is 9.82. The van der Waals surface area contributed by atoms with Crippen molar-refractivity contribution in [2.45, 2.75) is 11.8 Å². The highest BCUT2D eigenvalue weighted by atomic mass is 32.2. The lowest BCUT2D eigenvalue weighted by molar-refractivity contribution is 0.392. The second-order valence-corrected chi connectivity index (χ2v) is 6.48. The van der Waals surface area contributed by atoms with E-state index in [0.29, 0.717) is 17.2 Å². The van der Waals surface area contributed by atoms with E-state index in [-0.39, 0.29) is 10.6 Å². The van der Waals surface area contributed by atoms with Gasteiger partial charge in [0.2, 0.25) is 0 Å². The molecule has 2 aromatic rings. The average molecular weight is 337 g/mol. The highest BCUT2D eigenvalue weighted by molar-refractivity contribution is 7.92. The minimum atomic E-state index is -3.87. The number of hydrogen-bond acceptors (Lipinski definition) is 5. The number of hydrogen-bond donors (Lipinski definition) is 1. The van der Waals surface area contributed by atoms with Gasteiger partial charge in [0.1, 0.15) is 22.1 Å². The Labute approximate surface area is 136 Å². The normalized spacial score (nSPS) is 11.0. The highest BCUT2D eigenvalue weighted by Crippen LogP contribution is 2.32. The van der Waals surface area contributed by atoms with Gasteiger partial charge in [-0.05, 0) is 36.8 Å². The minimum absolute atomic E-state index is 0.0112. The number of sulfonamides is 1. The van der Waals surface area contributed by atoms with Crippen molar-refractivity contribution in [3.05, 3.63) is 42.0 Å². The molecule has 23 heavy (non-hydrogen) atoms. The molecule has 6 nitrogen and oxygen atoms in total. The molecule has 0 heterocycles. The number of methoxy groups -OCH3 is 3. The Morgan fingerprint density at radius 3 is 2.13 bits per heavy atom. The summed E-state index contributed by atoms with van der Waals surface area (Å²) in [6.45, 7) is 1.86. The van der Waals surface area contributed by atoms with Crippen LogP contribution in [0.1, 0.15) is 5.56 Å². The van der Waals surface area contributed by atoms with E-state index >= 15 is 0 Å². The summed E-state index contributed by atoms with van der Waals surface area (Å²) in [5.41, 5.74) is 1.26. The third-order valence-corrected chi connectivity index (χ3v) is 4.65. The largest absolute Gasteiger partial charge is 0.497 e.